The molecule has 2 N–H and O–H groups in total. The number of hydrogen-bond donors (Lipinski definition) is 1. The van der Waals surface area contributed by atoms with E-state index in [9.17, 15) is 4.79 Å². The second-order valence-electron chi connectivity index (χ2n) is 6.88. The number of rotatable bonds is 1. The number of nitrogens with two attached hydrogens (primary N) is 1. The van der Waals surface area contributed by atoms with Gasteiger partial charge in [-0.3, -0.25) is 4.79 Å². The molecule has 1 unspecified atom stereocenters. The summed E-state index contributed by atoms with van der Waals surface area (Å²) in [6.45, 7) is 0.814. The molecule has 1 aromatic carbocycles. The van der Waals surface area contributed by atoms with E-state index in [-0.39, 0.29) is 6.10 Å². The normalized spacial score (nSPS) is 18.6. The van der Waals surface area contributed by atoms with Gasteiger partial charge in [-0.25, -0.2) is 9.98 Å². The van der Waals surface area contributed by atoms with E-state index in [1.54, 1.807) is 23.4 Å². The Kier molecular flexibility index (Phi) is 6.23. The summed E-state index contributed by atoms with van der Waals surface area (Å²) in [5.74, 6) is -0.0340. The van der Waals surface area contributed by atoms with Crippen molar-refractivity contribution in [3.8, 4) is 5.88 Å². The van der Waals surface area contributed by atoms with Crippen molar-refractivity contribution in [3.63, 3.8) is 0 Å². The van der Waals surface area contributed by atoms with E-state index < -0.39 is 5.91 Å². The molecule has 3 heterocycles. The fourth-order valence-corrected chi connectivity index (χ4v) is 3.28. The van der Waals surface area contributed by atoms with Crippen LogP contribution in [-0.2, 0) is 9.53 Å². The molecule has 7 nitrogen and oxygen atoms in total. The Morgan fingerprint density at radius 2 is 2.06 bits per heavy atom. The predicted molar refractivity (Wildman–Crippen MR) is 121 cm³/mol. The molecule has 0 aliphatic carbocycles. The van der Waals surface area contributed by atoms with Gasteiger partial charge < -0.3 is 20.1 Å². The summed E-state index contributed by atoms with van der Waals surface area (Å²) >= 11 is 0. The minimum Gasteiger partial charge on any atom is -0.479 e. The number of allylic oxidation sites excluding steroid dienone is 4. The van der Waals surface area contributed by atoms with E-state index in [1.165, 1.54) is 12.6 Å². The van der Waals surface area contributed by atoms with E-state index in [0.29, 0.717) is 24.7 Å². The van der Waals surface area contributed by atoms with Crippen molar-refractivity contribution in [3.05, 3.63) is 90.6 Å². The highest BCUT2D eigenvalue weighted by Crippen LogP contribution is 2.28. The molecule has 2 aliphatic heterocycles. The quantitative estimate of drug-likeness (QED) is 0.773. The van der Waals surface area contributed by atoms with Crippen molar-refractivity contribution < 1.29 is 14.3 Å². The minimum absolute atomic E-state index is 0.348. The summed E-state index contributed by atoms with van der Waals surface area (Å²) < 4.78 is 11.4. The molecule has 0 radical (unpaired) electrons. The zero-order chi connectivity index (χ0) is 21.5. The first-order chi connectivity index (χ1) is 15.2. The number of pyridine rings is 1. The third-order valence-corrected chi connectivity index (χ3v) is 4.72. The summed E-state index contributed by atoms with van der Waals surface area (Å²) in [5, 5.41) is 1.92. The van der Waals surface area contributed by atoms with Crippen LogP contribution in [0.4, 0.5) is 0 Å². The third-order valence-electron chi connectivity index (χ3n) is 4.72. The van der Waals surface area contributed by atoms with Crippen LogP contribution in [0.3, 0.4) is 0 Å². The molecule has 0 saturated heterocycles. The molecule has 4 rings (SSSR count). The first-order valence-electron chi connectivity index (χ1n) is 9.84. The zero-order valence-electron chi connectivity index (χ0n) is 16.8. The largest absolute Gasteiger partial charge is 0.479 e. The number of nitrogens with zero attached hydrogens (tertiary/aromatic N) is 3. The molecule has 0 saturated carbocycles. The standard InChI is InChI=1S/C24H22N4O3/c25-23(29)22-15-20-16-28(22)12-11-26-17-30-13-5-3-1-2-4-6-18-7-8-19-9-10-27-24(31-20)21(19)14-18/h1-12,14-15,17,20H,13,16H2,(H2,25,29). The maximum absolute atomic E-state index is 11.9. The zero-order valence-corrected chi connectivity index (χ0v) is 16.8. The lowest BCUT2D eigenvalue weighted by atomic mass is 10.1. The fraction of sp³-hybridized carbons (Fsp3) is 0.125. The lowest BCUT2D eigenvalue weighted by Gasteiger charge is -2.17. The summed E-state index contributed by atoms with van der Waals surface area (Å²) in [4.78, 5) is 22.1. The smallest absolute Gasteiger partial charge is 0.265 e. The van der Waals surface area contributed by atoms with Crippen molar-refractivity contribution in [1.82, 2.24) is 9.88 Å². The SMILES string of the molecule is NC(=O)C1=CC2CN1C=CN=COCC=CC=CC=Cc1ccc3ccnc(c3c1)O2. The second-order valence-corrected chi connectivity index (χ2v) is 6.88. The van der Waals surface area contributed by atoms with Gasteiger partial charge in [0.15, 0.2) is 6.40 Å². The number of primary amides is 1. The molecule has 0 fully saturated rings. The average Bonchev–Trinajstić information content (AvgIpc) is 3.17. The summed E-state index contributed by atoms with van der Waals surface area (Å²) in [5.41, 5.74) is 6.91. The summed E-state index contributed by atoms with van der Waals surface area (Å²) in [7, 11) is 0. The maximum atomic E-state index is 11.9. The number of amides is 1. The van der Waals surface area contributed by atoms with Crippen LogP contribution < -0.4 is 10.5 Å². The Morgan fingerprint density at radius 1 is 1.16 bits per heavy atom. The van der Waals surface area contributed by atoms with E-state index in [4.69, 9.17) is 15.2 Å². The van der Waals surface area contributed by atoms with Crippen molar-refractivity contribution in [1.29, 1.82) is 0 Å². The first-order valence-corrected chi connectivity index (χ1v) is 9.84. The highest BCUT2D eigenvalue weighted by atomic mass is 16.5. The van der Waals surface area contributed by atoms with Gasteiger partial charge in [0.1, 0.15) is 18.4 Å². The molecule has 7 heteroatoms. The van der Waals surface area contributed by atoms with Gasteiger partial charge in [-0.15, -0.1) is 0 Å². The monoisotopic (exact) mass is 414 g/mol. The first kappa shape index (κ1) is 20.2. The Morgan fingerprint density at radius 3 is 2.97 bits per heavy atom. The van der Waals surface area contributed by atoms with Gasteiger partial charge in [0, 0.05) is 24.0 Å². The Bertz CT molecular complexity index is 1140. The predicted octanol–water partition coefficient (Wildman–Crippen LogP) is 3.32. The van der Waals surface area contributed by atoms with Gasteiger partial charge >= 0.3 is 0 Å². The van der Waals surface area contributed by atoms with Gasteiger partial charge in [0.25, 0.3) is 5.91 Å². The van der Waals surface area contributed by atoms with E-state index in [0.717, 1.165) is 16.3 Å². The lowest BCUT2D eigenvalue weighted by molar-refractivity contribution is -0.115. The van der Waals surface area contributed by atoms with E-state index in [2.05, 4.69) is 9.98 Å². The molecule has 4 bridgehead atoms. The number of aromatic nitrogens is 1. The Balaban J connectivity index is 1.69. The Hall–Kier alpha value is -4.13. The average molecular weight is 414 g/mol. The molecule has 1 amide bonds. The molecule has 0 spiro atoms. The van der Waals surface area contributed by atoms with Crippen molar-refractivity contribution in [2.24, 2.45) is 10.7 Å². The number of ether oxygens (including phenoxy) is 2. The fourth-order valence-electron chi connectivity index (χ4n) is 3.28. The minimum atomic E-state index is -0.537. The second kappa shape index (κ2) is 9.58. The molecule has 2 aromatic rings. The van der Waals surface area contributed by atoms with Crippen LogP contribution in [0.15, 0.2) is 90.0 Å². The molecule has 156 valence electrons. The molecule has 1 aromatic heterocycles. The Labute approximate surface area is 180 Å². The van der Waals surface area contributed by atoms with Crippen LogP contribution in [0.5, 0.6) is 5.88 Å². The third kappa shape index (κ3) is 5.08. The van der Waals surface area contributed by atoms with Crippen LogP contribution in [0, 0.1) is 0 Å². The highest BCUT2D eigenvalue weighted by molar-refractivity contribution is 5.92. The number of aliphatic imine (C=N–C) groups is 1. The number of fused-ring (bicyclic) bond motifs is 3. The molecule has 31 heavy (non-hydrogen) atoms. The van der Waals surface area contributed by atoms with Crippen molar-refractivity contribution in [2.75, 3.05) is 13.2 Å². The van der Waals surface area contributed by atoms with Gasteiger partial charge in [0.2, 0.25) is 5.88 Å². The van der Waals surface area contributed by atoms with Gasteiger partial charge in [0.05, 0.1) is 6.54 Å². The molecule has 1 atom stereocenters. The highest BCUT2D eigenvalue weighted by Gasteiger charge is 2.27. The van der Waals surface area contributed by atoms with Gasteiger partial charge in [-0.2, -0.15) is 0 Å². The van der Waals surface area contributed by atoms with Crippen LogP contribution in [-0.4, -0.2) is 41.4 Å². The van der Waals surface area contributed by atoms with Crippen LogP contribution in [0.2, 0.25) is 0 Å². The topological polar surface area (TPSA) is 90.0 Å². The number of benzene rings is 1. The van der Waals surface area contributed by atoms with Crippen LogP contribution in [0.1, 0.15) is 5.56 Å². The van der Waals surface area contributed by atoms with Crippen LogP contribution >= 0.6 is 0 Å². The maximum Gasteiger partial charge on any atom is 0.265 e. The lowest BCUT2D eigenvalue weighted by Crippen LogP contribution is -2.27. The van der Waals surface area contributed by atoms with Crippen molar-refractivity contribution in [2.45, 2.75) is 6.10 Å². The van der Waals surface area contributed by atoms with E-state index >= 15 is 0 Å². The molecular weight excluding hydrogens is 392 g/mol. The molecular formula is C24H22N4O3. The van der Waals surface area contributed by atoms with Gasteiger partial charge in [-0.1, -0.05) is 42.5 Å². The summed E-state index contributed by atoms with van der Waals surface area (Å²) in [6, 6.07) is 8.04. The van der Waals surface area contributed by atoms with E-state index in [1.807, 2.05) is 60.7 Å². The summed E-state index contributed by atoms with van der Waals surface area (Å²) in [6.07, 6.45) is 19.2. The number of hydrogen-bond acceptors (Lipinski definition) is 6. The molecule has 2 aliphatic rings. The number of carbonyl (C=O) groups is 1. The number of carbonyl (C=O) groups excluding carboxylic acids is 1. The van der Waals surface area contributed by atoms with Gasteiger partial charge in [-0.05, 0) is 35.2 Å². The van der Waals surface area contributed by atoms with Crippen LogP contribution in [0.25, 0.3) is 16.8 Å². The van der Waals surface area contributed by atoms with Crippen molar-refractivity contribution >= 4 is 29.2 Å².